The van der Waals surface area contributed by atoms with Crippen LogP contribution < -0.4 is 10.2 Å². The Balaban J connectivity index is 1.96. The quantitative estimate of drug-likeness (QED) is 0.850. The fraction of sp³-hybridized carbons (Fsp3) is 0.429. The highest BCUT2D eigenvalue weighted by atomic mass is 19.1. The molecule has 0 aromatic heterocycles. The Bertz CT molecular complexity index is 555. The van der Waals surface area contributed by atoms with E-state index in [-0.39, 0.29) is 11.6 Å². The molecule has 1 spiro atoms. The Morgan fingerprint density at radius 3 is 2.70 bits per heavy atom. The Hall–Kier alpha value is -1.95. The fourth-order valence-corrected chi connectivity index (χ4v) is 2.73. The first-order chi connectivity index (χ1) is 9.62. The van der Waals surface area contributed by atoms with Gasteiger partial charge in [-0.15, -0.1) is 0 Å². The van der Waals surface area contributed by atoms with Crippen LogP contribution >= 0.6 is 0 Å². The van der Waals surface area contributed by atoms with Crippen molar-refractivity contribution in [1.82, 2.24) is 5.32 Å². The molecule has 0 aliphatic carbocycles. The average Bonchev–Trinajstić information content (AvgIpc) is 2.45. The number of carbonyl (C=O) groups is 2. The highest BCUT2D eigenvalue weighted by molar-refractivity contribution is 6.18. The van der Waals surface area contributed by atoms with Crippen molar-refractivity contribution in [3.8, 4) is 0 Å². The molecule has 0 bridgehead atoms. The van der Waals surface area contributed by atoms with Gasteiger partial charge in [-0.3, -0.25) is 4.79 Å². The summed E-state index contributed by atoms with van der Waals surface area (Å²) in [6.07, 6.45) is 1.13. The molecule has 0 atom stereocenters. The number of nitrogens with one attached hydrogen (secondary N) is 1. The number of nitrogens with zero attached hydrogens (tertiary/aromatic N) is 1. The number of imide groups is 1. The maximum atomic E-state index is 13.3. The lowest BCUT2D eigenvalue weighted by Crippen LogP contribution is -2.62. The van der Waals surface area contributed by atoms with Crippen molar-refractivity contribution in [2.45, 2.75) is 12.8 Å². The molecule has 0 radical (unpaired) electrons. The molecule has 3 amide bonds. The summed E-state index contributed by atoms with van der Waals surface area (Å²) in [5, 5.41) is 2.73. The summed E-state index contributed by atoms with van der Waals surface area (Å²) in [6, 6.07) is 5.00. The molecule has 2 aliphatic heterocycles. The summed E-state index contributed by atoms with van der Waals surface area (Å²) in [4.78, 5) is 25.7. The summed E-state index contributed by atoms with van der Waals surface area (Å²) in [7, 11) is 0. The molecule has 1 aromatic rings. The zero-order chi connectivity index (χ0) is 14.2. The number of urea groups is 1. The van der Waals surface area contributed by atoms with E-state index in [4.69, 9.17) is 4.74 Å². The summed E-state index contributed by atoms with van der Waals surface area (Å²) >= 11 is 0. The van der Waals surface area contributed by atoms with Gasteiger partial charge in [-0.2, -0.15) is 0 Å². The van der Waals surface area contributed by atoms with Gasteiger partial charge in [0.1, 0.15) is 5.82 Å². The molecular weight excluding hydrogens is 263 g/mol. The first kappa shape index (κ1) is 13.1. The largest absolute Gasteiger partial charge is 0.381 e. The van der Waals surface area contributed by atoms with Crippen molar-refractivity contribution >= 4 is 17.6 Å². The van der Waals surface area contributed by atoms with Gasteiger partial charge in [0.15, 0.2) is 0 Å². The van der Waals surface area contributed by atoms with E-state index in [0.717, 1.165) is 4.90 Å². The standard InChI is InChI=1S/C14H15FN2O3/c15-10-2-1-3-11(8-10)17-12(18)14(9-16-13(17)19)4-6-20-7-5-14/h1-3,8H,4-7,9H2,(H,16,19). The Labute approximate surface area is 115 Å². The minimum Gasteiger partial charge on any atom is -0.381 e. The zero-order valence-electron chi connectivity index (χ0n) is 10.9. The van der Waals surface area contributed by atoms with Crippen molar-refractivity contribution in [3.05, 3.63) is 30.1 Å². The second-order valence-electron chi connectivity index (χ2n) is 5.17. The predicted octanol–water partition coefficient (Wildman–Crippen LogP) is 1.68. The maximum absolute atomic E-state index is 13.3. The van der Waals surface area contributed by atoms with Crippen molar-refractivity contribution < 1.29 is 18.7 Å². The molecule has 20 heavy (non-hydrogen) atoms. The van der Waals surface area contributed by atoms with Crippen LogP contribution in [0.25, 0.3) is 0 Å². The van der Waals surface area contributed by atoms with Crippen molar-refractivity contribution in [3.63, 3.8) is 0 Å². The van der Waals surface area contributed by atoms with Gasteiger partial charge in [0.05, 0.1) is 11.1 Å². The van der Waals surface area contributed by atoms with Crippen molar-refractivity contribution in [2.24, 2.45) is 5.41 Å². The second kappa shape index (κ2) is 4.86. The number of hydrogen-bond donors (Lipinski definition) is 1. The Morgan fingerprint density at radius 2 is 2.00 bits per heavy atom. The summed E-state index contributed by atoms with van der Waals surface area (Å²) in [5.74, 6) is -0.746. The highest BCUT2D eigenvalue weighted by Crippen LogP contribution is 2.36. The van der Waals surface area contributed by atoms with E-state index in [2.05, 4.69) is 5.32 Å². The van der Waals surface area contributed by atoms with Gasteiger partial charge in [0.2, 0.25) is 5.91 Å². The number of carbonyl (C=O) groups excluding carboxylic acids is 2. The van der Waals surface area contributed by atoms with Gasteiger partial charge in [-0.25, -0.2) is 14.1 Å². The lowest BCUT2D eigenvalue weighted by molar-refractivity contribution is -0.133. The van der Waals surface area contributed by atoms with Crippen LogP contribution in [0.4, 0.5) is 14.9 Å². The van der Waals surface area contributed by atoms with E-state index >= 15 is 0 Å². The zero-order valence-corrected chi connectivity index (χ0v) is 10.9. The van der Waals surface area contributed by atoms with Gasteiger partial charge in [-0.05, 0) is 31.0 Å². The van der Waals surface area contributed by atoms with Crippen LogP contribution in [-0.2, 0) is 9.53 Å². The van der Waals surface area contributed by atoms with Crippen LogP contribution in [0.2, 0.25) is 0 Å². The SMILES string of the molecule is O=C1NCC2(CCOCC2)C(=O)N1c1cccc(F)c1. The number of rotatable bonds is 1. The minimum absolute atomic E-state index is 0.262. The third kappa shape index (κ3) is 2.06. The molecule has 2 heterocycles. The molecule has 3 rings (SSSR count). The number of ether oxygens (including phenoxy) is 1. The first-order valence-electron chi connectivity index (χ1n) is 6.58. The molecule has 1 N–H and O–H groups in total. The van der Waals surface area contributed by atoms with Crippen LogP contribution in [0.5, 0.6) is 0 Å². The van der Waals surface area contributed by atoms with E-state index in [0.29, 0.717) is 32.6 Å². The normalized spacial score (nSPS) is 21.9. The van der Waals surface area contributed by atoms with Crippen LogP contribution in [0.1, 0.15) is 12.8 Å². The average molecular weight is 278 g/mol. The van der Waals surface area contributed by atoms with Crippen molar-refractivity contribution in [1.29, 1.82) is 0 Å². The topological polar surface area (TPSA) is 58.6 Å². The molecule has 106 valence electrons. The smallest absolute Gasteiger partial charge is 0.328 e. The van der Waals surface area contributed by atoms with E-state index < -0.39 is 17.3 Å². The summed E-state index contributed by atoms with van der Waals surface area (Å²) in [5.41, 5.74) is -0.364. The molecule has 0 saturated carbocycles. The van der Waals surface area contributed by atoms with Crippen LogP contribution in [0.15, 0.2) is 24.3 Å². The molecule has 2 saturated heterocycles. The molecular formula is C14H15FN2O3. The van der Waals surface area contributed by atoms with Crippen LogP contribution in [-0.4, -0.2) is 31.7 Å². The molecule has 0 unspecified atom stereocenters. The van der Waals surface area contributed by atoms with Gasteiger partial charge in [0, 0.05) is 19.8 Å². The monoisotopic (exact) mass is 278 g/mol. The molecule has 2 aliphatic rings. The molecule has 2 fully saturated rings. The van der Waals surface area contributed by atoms with Crippen LogP contribution in [0.3, 0.4) is 0 Å². The van der Waals surface area contributed by atoms with Gasteiger partial charge in [0.25, 0.3) is 0 Å². The van der Waals surface area contributed by atoms with Gasteiger partial charge < -0.3 is 10.1 Å². The number of benzene rings is 1. The number of anilines is 1. The maximum Gasteiger partial charge on any atom is 0.328 e. The minimum atomic E-state index is -0.627. The third-order valence-corrected chi connectivity index (χ3v) is 3.95. The number of amides is 3. The highest BCUT2D eigenvalue weighted by Gasteiger charge is 2.48. The predicted molar refractivity (Wildman–Crippen MR) is 69.8 cm³/mol. The molecule has 1 aromatic carbocycles. The van der Waals surface area contributed by atoms with E-state index in [9.17, 15) is 14.0 Å². The van der Waals surface area contributed by atoms with E-state index in [1.165, 1.54) is 18.2 Å². The second-order valence-corrected chi connectivity index (χ2v) is 5.17. The molecule has 5 nitrogen and oxygen atoms in total. The summed E-state index contributed by atoms with van der Waals surface area (Å²) < 4.78 is 18.6. The van der Waals surface area contributed by atoms with Crippen LogP contribution in [0, 0.1) is 11.2 Å². The van der Waals surface area contributed by atoms with Crippen molar-refractivity contribution in [2.75, 3.05) is 24.7 Å². The van der Waals surface area contributed by atoms with E-state index in [1.807, 2.05) is 0 Å². The Kier molecular flexibility index (Phi) is 3.17. The summed E-state index contributed by atoms with van der Waals surface area (Å²) in [6.45, 7) is 1.32. The molecule has 6 heteroatoms. The number of halogens is 1. The third-order valence-electron chi connectivity index (χ3n) is 3.95. The fourth-order valence-electron chi connectivity index (χ4n) is 2.73. The van der Waals surface area contributed by atoms with E-state index in [1.54, 1.807) is 6.07 Å². The number of hydrogen-bond acceptors (Lipinski definition) is 3. The lowest BCUT2D eigenvalue weighted by atomic mass is 9.77. The van der Waals surface area contributed by atoms with Gasteiger partial charge >= 0.3 is 6.03 Å². The Morgan fingerprint density at radius 1 is 1.25 bits per heavy atom. The first-order valence-corrected chi connectivity index (χ1v) is 6.58. The lowest BCUT2D eigenvalue weighted by Gasteiger charge is -2.42. The van der Waals surface area contributed by atoms with Gasteiger partial charge in [-0.1, -0.05) is 6.07 Å².